The minimum Gasteiger partial charge on any atom is -0.479 e. The molecule has 2 atom stereocenters. The first-order valence-electron chi connectivity index (χ1n) is 5.35. The van der Waals surface area contributed by atoms with Crippen molar-refractivity contribution >= 4 is 23.2 Å². The Bertz CT molecular complexity index is 404. The third-order valence-corrected chi connectivity index (χ3v) is 3.34. The maximum absolute atomic E-state index is 11.6. The van der Waals surface area contributed by atoms with E-state index >= 15 is 0 Å². The van der Waals surface area contributed by atoms with Gasteiger partial charge in [-0.25, -0.2) is 4.79 Å². The summed E-state index contributed by atoms with van der Waals surface area (Å²) in [4.78, 5) is 22.3. The van der Waals surface area contributed by atoms with Gasteiger partial charge in [0.05, 0.1) is 6.10 Å². The van der Waals surface area contributed by atoms with Crippen LogP contribution in [0, 0.1) is 0 Å². The average molecular weight is 255 g/mol. The molecule has 0 aromatic carbocycles. The second-order valence-electron chi connectivity index (χ2n) is 3.88. The summed E-state index contributed by atoms with van der Waals surface area (Å²) in [5, 5.41) is 15.1. The van der Waals surface area contributed by atoms with Crippen LogP contribution in [0.25, 0.3) is 0 Å². The first-order valence-corrected chi connectivity index (χ1v) is 6.30. The van der Waals surface area contributed by atoms with E-state index in [1.54, 1.807) is 11.4 Å². The van der Waals surface area contributed by atoms with E-state index in [4.69, 9.17) is 9.84 Å². The van der Waals surface area contributed by atoms with Gasteiger partial charge in [0.1, 0.15) is 0 Å². The molecule has 1 saturated heterocycles. The second-order valence-corrected chi connectivity index (χ2v) is 4.66. The Morgan fingerprint density at radius 1 is 1.53 bits per heavy atom. The van der Waals surface area contributed by atoms with Crippen molar-refractivity contribution < 1.29 is 19.4 Å². The normalized spacial score (nSPS) is 23.5. The number of amides is 1. The summed E-state index contributed by atoms with van der Waals surface area (Å²) >= 11 is 1.46. The summed E-state index contributed by atoms with van der Waals surface area (Å²) in [6.45, 7) is 0.360. The lowest BCUT2D eigenvalue weighted by molar-refractivity contribution is -0.149. The standard InChI is InChI=1S/C11H13NO4S/c13-10(7-3-4-17-6-7)12-5-8-1-2-9(16-8)11(14)15/h3-4,6,8-9H,1-2,5H2,(H,12,13)(H,14,15). The van der Waals surface area contributed by atoms with Gasteiger partial charge in [0.25, 0.3) is 5.91 Å². The monoisotopic (exact) mass is 255 g/mol. The number of ether oxygens (including phenoxy) is 1. The van der Waals surface area contributed by atoms with Crippen LogP contribution in [0.3, 0.4) is 0 Å². The van der Waals surface area contributed by atoms with Crippen molar-refractivity contribution in [3.8, 4) is 0 Å². The topological polar surface area (TPSA) is 75.6 Å². The van der Waals surface area contributed by atoms with E-state index in [1.807, 2.05) is 5.38 Å². The van der Waals surface area contributed by atoms with Crippen molar-refractivity contribution in [1.82, 2.24) is 5.32 Å². The number of carbonyl (C=O) groups excluding carboxylic acids is 1. The lowest BCUT2D eigenvalue weighted by Crippen LogP contribution is -2.32. The highest BCUT2D eigenvalue weighted by Gasteiger charge is 2.30. The smallest absolute Gasteiger partial charge is 0.332 e. The van der Waals surface area contributed by atoms with Crippen molar-refractivity contribution in [2.45, 2.75) is 25.0 Å². The number of carbonyl (C=O) groups is 2. The van der Waals surface area contributed by atoms with Crippen molar-refractivity contribution in [2.24, 2.45) is 0 Å². The van der Waals surface area contributed by atoms with Crippen LogP contribution in [0.2, 0.25) is 0 Å². The molecule has 0 radical (unpaired) electrons. The summed E-state index contributed by atoms with van der Waals surface area (Å²) in [5.74, 6) is -1.08. The summed E-state index contributed by atoms with van der Waals surface area (Å²) < 4.78 is 5.28. The molecule has 1 amide bonds. The molecular weight excluding hydrogens is 242 g/mol. The number of hydrogen-bond acceptors (Lipinski definition) is 4. The van der Waals surface area contributed by atoms with E-state index < -0.39 is 12.1 Å². The Balaban J connectivity index is 1.76. The van der Waals surface area contributed by atoms with Crippen LogP contribution in [-0.2, 0) is 9.53 Å². The molecule has 6 heteroatoms. The Labute approximate surface area is 102 Å². The lowest BCUT2D eigenvalue weighted by atomic mass is 10.2. The maximum atomic E-state index is 11.6. The van der Waals surface area contributed by atoms with Gasteiger partial charge in [-0.1, -0.05) is 0 Å². The molecule has 92 valence electrons. The van der Waals surface area contributed by atoms with E-state index in [2.05, 4.69) is 5.32 Å². The third-order valence-electron chi connectivity index (χ3n) is 2.66. The fourth-order valence-electron chi connectivity index (χ4n) is 1.74. The molecule has 2 N–H and O–H groups in total. The van der Waals surface area contributed by atoms with Crippen LogP contribution >= 0.6 is 11.3 Å². The fourth-order valence-corrected chi connectivity index (χ4v) is 2.38. The highest BCUT2D eigenvalue weighted by atomic mass is 32.1. The molecule has 1 fully saturated rings. The molecule has 0 saturated carbocycles. The molecule has 5 nitrogen and oxygen atoms in total. The van der Waals surface area contributed by atoms with E-state index in [0.29, 0.717) is 24.9 Å². The summed E-state index contributed by atoms with van der Waals surface area (Å²) in [6.07, 6.45) is 0.256. The lowest BCUT2D eigenvalue weighted by Gasteiger charge is -2.11. The quantitative estimate of drug-likeness (QED) is 0.845. The molecule has 17 heavy (non-hydrogen) atoms. The molecule has 1 aliphatic rings. The SMILES string of the molecule is O=C(NCC1CCC(C(=O)O)O1)c1ccsc1. The van der Waals surface area contributed by atoms with Gasteiger partial charge < -0.3 is 15.2 Å². The summed E-state index contributed by atoms with van der Waals surface area (Å²) in [7, 11) is 0. The van der Waals surface area contributed by atoms with Gasteiger partial charge in [0, 0.05) is 17.5 Å². The molecule has 2 heterocycles. The van der Waals surface area contributed by atoms with E-state index in [-0.39, 0.29) is 12.0 Å². The van der Waals surface area contributed by atoms with Crippen molar-refractivity contribution in [1.29, 1.82) is 0 Å². The average Bonchev–Trinajstić information content (AvgIpc) is 2.97. The van der Waals surface area contributed by atoms with E-state index in [9.17, 15) is 9.59 Å². The Morgan fingerprint density at radius 2 is 2.35 bits per heavy atom. The predicted octanol–water partition coefficient (Wildman–Crippen LogP) is 1.11. The van der Waals surface area contributed by atoms with Gasteiger partial charge in [0.15, 0.2) is 6.10 Å². The molecule has 0 bridgehead atoms. The van der Waals surface area contributed by atoms with Gasteiger partial charge in [-0.05, 0) is 24.3 Å². The maximum Gasteiger partial charge on any atom is 0.332 e. The zero-order valence-electron chi connectivity index (χ0n) is 9.09. The highest BCUT2D eigenvalue weighted by molar-refractivity contribution is 7.08. The van der Waals surface area contributed by atoms with Crippen LogP contribution < -0.4 is 5.32 Å². The Hall–Kier alpha value is -1.40. The third kappa shape index (κ3) is 3.04. The molecule has 1 aromatic heterocycles. The van der Waals surface area contributed by atoms with Gasteiger partial charge in [0.2, 0.25) is 0 Å². The Morgan fingerprint density at radius 3 is 2.94 bits per heavy atom. The fraction of sp³-hybridized carbons (Fsp3) is 0.455. The highest BCUT2D eigenvalue weighted by Crippen LogP contribution is 2.19. The van der Waals surface area contributed by atoms with Crippen molar-refractivity contribution in [3.63, 3.8) is 0 Å². The van der Waals surface area contributed by atoms with Crippen molar-refractivity contribution in [3.05, 3.63) is 22.4 Å². The molecule has 2 unspecified atom stereocenters. The first kappa shape index (κ1) is 12.1. The number of hydrogen-bond donors (Lipinski definition) is 2. The number of nitrogens with one attached hydrogen (secondary N) is 1. The largest absolute Gasteiger partial charge is 0.479 e. The van der Waals surface area contributed by atoms with Crippen LogP contribution in [-0.4, -0.2) is 35.7 Å². The molecule has 1 aromatic rings. The number of carboxylic acid groups (broad SMARTS) is 1. The minimum absolute atomic E-state index is 0.145. The first-order chi connectivity index (χ1) is 8.16. The van der Waals surface area contributed by atoms with Gasteiger partial charge in [-0.2, -0.15) is 11.3 Å². The molecule has 2 rings (SSSR count). The minimum atomic E-state index is -0.934. The molecular formula is C11H13NO4S. The van der Waals surface area contributed by atoms with Crippen LogP contribution in [0.4, 0.5) is 0 Å². The predicted molar refractivity (Wildman–Crippen MR) is 62.2 cm³/mol. The van der Waals surface area contributed by atoms with Crippen LogP contribution in [0.1, 0.15) is 23.2 Å². The second kappa shape index (κ2) is 5.29. The Kier molecular flexibility index (Phi) is 3.75. The van der Waals surface area contributed by atoms with E-state index in [1.165, 1.54) is 11.3 Å². The summed E-state index contributed by atoms with van der Waals surface area (Å²) in [6, 6.07) is 1.75. The zero-order chi connectivity index (χ0) is 12.3. The van der Waals surface area contributed by atoms with Gasteiger partial charge in [-0.3, -0.25) is 4.79 Å². The number of rotatable bonds is 4. The van der Waals surface area contributed by atoms with Crippen LogP contribution in [0.5, 0.6) is 0 Å². The number of aliphatic carboxylic acids is 1. The number of thiophene rings is 1. The van der Waals surface area contributed by atoms with Crippen molar-refractivity contribution in [2.75, 3.05) is 6.54 Å². The zero-order valence-corrected chi connectivity index (χ0v) is 9.90. The van der Waals surface area contributed by atoms with E-state index in [0.717, 1.165) is 0 Å². The summed E-state index contributed by atoms with van der Waals surface area (Å²) in [5.41, 5.74) is 0.628. The van der Waals surface area contributed by atoms with Gasteiger partial charge in [-0.15, -0.1) is 0 Å². The molecule has 0 spiro atoms. The molecule has 1 aliphatic heterocycles. The number of carboxylic acids is 1. The van der Waals surface area contributed by atoms with Crippen LogP contribution in [0.15, 0.2) is 16.8 Å². The van der Waals surface area contributed by atoms with Gasteiger partial charge >= 0.3 is 5.97 Å². The molecule has 0 aliphatic carbocycles.